The normalized spacial score (nSPS) is 25.8. The summed E-state index contributed by atoms with van der Waals surface area (Å²) in [5.74, 6) is 0.745. The fourth-order valence-electron chi connectivity index (χ4n) is 4.10. The van der Waals surface area contributed by atoms with Gasteiger partial charge in [-0.3, -0.25) is 0 Å². The van der Waals surface area contributed by atoms with Gasteiger partial charge in [-0.2, -0.15) is 13.3 Å². The van der Waals surface area contributed by atoms with Crippen molar-refractivity contribution in [3.63, 3.8) is 0 Å². The van der Waals surface area contributed by atoms with Crippen LogP contribution in [0.1, 0.15) is 5.56 Å². The van der Waals surface area contributed by atoms with Crippen LogP contribution in [0.15, 0.2) is 41.3 Å². The van der Waals surface area contributed by atoms with Gasteiger partial charge in [-0.05, 0) is 24.3 Å². The number of benzene rings is 2. The van der Waals surface area contributed by atoms with Crippen LogP contribution in [0, 0.1) is 5.21 Å². The number of thioether (sulfide) groups is 1. The highest BCUT2D eigenvalue weighted by Gasteiger charge is 2.68. The molecule has 2 bridgehead atoms. The van der Waals surface area contributed by atoms with Gasteiger partial charge in [0.1, 0.15) is 13.1 Å². The van der Waals surface area contributed by atoms with Crippen LogP contribution in [0.2, 0.25) is 5.02 Å². The van der Waals surface area contributed by atoms with Crippen molar-refractivity contribution in [2.45, 2.75) is 23.3 Å². The van der Waals surface area contributed by atoms with E-state index in [1.807, 2.05) is 18.2 Å². The Balaban J connectivity index is 1.71. The largest absolute Gasteiger partial charge is 0.614 e. The number of halogens is 3. The summed E-state index contributed by atoms with van der Waals surface area (Å²) in [5.41, 5.74) is 1.93. The summed E-state index contributed by atoms with van der Waals surface area (Å²) in [5, 5.41) is 13.5. The molecular formula is C17H12ClF2N2O2S+. The lowest BCUT2D eigenvalue weighted by atomic mass is 10.0. The number of hydrogen-bond donors (Lipinski definition) is 0. The van der Waals surface area contributed by atoms with Gasteiger partial charge in [0.05, 0.1) is 0 Å². The minimum atomic E-state index is -2.94. The molecule has 0 aromatic heterocycles. The number of amidine groups is 1. The predicted molar refractivity (Wildman–Crippen MR) is 92.8 cm³/mol. The second kappa shape index (κ2) is 5.09. The monoisotopic (exact) mass is 381 g/mol. The number of rotatable bonds is 2. The van der Waals surface area contributed by atoms with Gasteiger partial charge in [0.2, 0.25) is 5.25 Å². The lowest BCUT2D eigenvalue weighted by Crippen LogP contribution is -2.69. The van der Waals surface area contributed by atoms with Crippen molar-refractivity contribution in [1.29, 1.82) is 0 Å². The van der Waals surface area contributed by atoms with Crippen LogP contribution in [-0.2, 0) is 6.54 Å². The summed E-state index contributed by atoms with van der Waals surface area (Å²) < 4.78 is 31.6. The van der Waals surface area contributed by atoms with E-state index in [-0.39, 0.29) is 15.5 Å². The maximum atomic E-state index is 12.9. The third kappa shape index (κ3) is 2.00. The fourth-order valence-corrected chi connectivity index (χ4v) is 5.75. The van der Waals surface area contributed by atoms with Gasteiger partial charge in [-0.1, -0.05) is 29.4 Å². The minimum absolute atomic E-state index is 0.0201. The fraction of sp³-hybridized carbons (Fsp3) is 0.235. The van der Waals surface area contributed by atoms with E-state index >= 15 is 0 Å². The van der Waals surface area contributed by atoms with E-state index in [1.54, 1.807) is 23.9 Å². The zero-order valence-corrected chi connectivity index (χ0v) is 14.4. The second-order valence-electron chi connectivity index (χ2n) is 6.32. The van der Waals surface area contributed by atoms with Gasteiger partial charge in [0.15, 0.2) is 5.75 Å². The van der Waals surface area contributed by atoms with Gasteiger partial charge in [-0.25, -0.2) is 0 Å². The molecule has 0 saturated carbocycles. The maximum absolute atomic E-state index is 12.9. The molecule has 0 N–H and O–H groups in total. The van der Waals surface area contributed by atoms with Gasteiger partial charge < -0.3 is 9.94 Å². The summed E-state index contributed by atoms with van der Waals surface area (Å²) >= 11 is 7.77. The Labute approximate surface area is 151 Å². The van der Waals surface area contributed by atoms with Crippen LogP contribution >= 0.6 is 23.4 Å². The Kier molecular flexibility index (Phi) is 3.14. The standard InChI is InChI=1S/C17H12ClF2N2O2S/c18-10-4-5-13-9(6-10)7-22-8-14(25-13)16(22)21(23)11-2-1-3-12(15(11)22)24-17(19)20/h1-6,14,17H,7-8H2/q+1/t14-,22+/m1/s1. The first-order valence-electron chi connectivity index (χ1n) is 7.75. The number of ether oxygens (including phenoxy) is 1. The molecule has 1 saturated heterocycles. The Morgan fingerprint density at radius 2 is 2.16 bits per heavy atom. The molecule has 4 heterocycles. The first-order chi connectivity index (χ1) is 12.0. The molecule has 0 unspecified atom stereocenters. The summed E-state index contributed by atoms with van der Waals surface area (Å²) in [7, 11) is 0. The molecule has 2 aromatic rings. The summed E-state index contributed by atoms with van der Waals surface area (Å²) in [6.07, 6.45) is 0. The molecule has 25 heavy (non-hydrogen) atoms. The van der Waals surface area contributed by atoms with E-state index in [1.165, 1.54) is 6.07 Å². The van der Waals surface area contributed by atoms with E-state index in [0.717, 1.165) is 15.2 Å². The second-order valence-corrected chi connectivity index (χ2v) is 8.00. The Hall–Kier alpha value is -1.83. The van der Waals surface area contributed by atoms with Crippen LogP contribution in [0.5, 0.6) is 5.75 Å². The maximum Gasteiger partial charge on any atom is 0.387 e. The predicted octanol–water partition coefficient (Wildman–Crippen LogP) is 4.49. The van der Waals surface area contributed by atoms with Crippen LogP contribution in [-0.4, -0.2) is 29.0 Å². The summed E-state index contributed by atoms with van der Waals surface area (Å²) in [4.78, 5) is 1.08. The molecule has 4 aliphatic rings. The number of para-hydroxylation sites is 1. The molecule has 2 atom stereocenters. The molecule has 4 nitrogen and oxygen atoms in total. The van der Waals surface area contributed by atoms with Crippen molar-refractivity contribution in [2.75, 3.05) is 6.54 Å². The van der Waals surface area contributed by atoms with Crippen LogP contribution in [0.25, 0.3) is 0 Å². The average molecular weight is 382 g/mol. The lowest BCUT2D eigenvalue weighted by molar-refractivity contribution is -0.362. The van der Waals surface area contributed by atoms with Crippen molar-refractivity contribution >= 4 is 40.6 Å². The van der Waals surface area contributed by atoms with Gasteiger partial charge in [0.25, 0.3) is 11.4 Å². The zero-order valence-electron chi connectivity index (χ0n) is 12.8. The van der Waals surface area contributed by atoms with Crippen molar-refractivity contribution in [3.8, 4) is 5.75 Å². The molecule has 4 aliphatic heterocycles. The van der Waals surface area contributed by atoms with Gasteiger partial charge in [0, 0.05) is 21.5 Å². The van der Waals surface area contributed by atoms with E-state index in [9.17, 15) is 14.0 Å². The van der Waals surface area contributed by atoms with Crippen molar-refractivity contribution in [3.05, 3.63) is 52.2 Å². The number of nitrogens with zero attached hydrogens (tertiary/aromatic N) is 2. The molecule has 0 radical (unpaired) electrons. The molecule has 1 fully saturated rings. The topological polar surface area (TPSA) is 35.3 Å². The molecule has 8 heteroatoms. The number of fused-ring (bicyclic) bond motifs is 1. The van der Waals surface area contributed by atoms with E-state index in [4.69, 9.17) is 16.3 Å². The van der Waals surface area contributed by atoms with E-state index in [2.05, 4.69) is 0 Å². The van der Waals surface area contributed by atoms with Gasteiger partial charge >= 0.3 is 12.4 Å². The molecule has 2 aromatic carbocycles. The van der Waals surface area contributed by atoms with Crippen molar-refractivity contribution < 1.29 is 18.3 Å². The Morgan fingerprint density at radius 3 is 2.96 bits per heavy atom. The Morgan fingerprint density at radius 1 is 1.32 bits per heavy atom. The van der Waals surface area contributed by atoms with Crippen LogP contribution < -0.4 is 9.22 Å². The smallest absolute Gasteiger partial charge is 0.387 e. The summed E-state index contributed by atoms with van der Waals surface area (Å²) in [6, 6.07) is 10.4. The number of hydrogen-bond acceptors (Lipinski definition) is 3. The minimum Gasteiger partial charge on any atom is -0.614 e. The quantitative estimate of drug-likeness (QED) is 0.437. The molecular weight excluding hydrogens is 370 g/mol. The zero-order chi connectivity index (χ0) is 17.3. The summed E-state index contributed by atoms with van der Waals surface area (Å²) in [6.45, 7) is -1.76. The van der Waals surface area contributed by atoms with Crippen molar-refractivity contribution in [1.82, 2.24) is 4.48 Å². The first kappa shape index (κ1) is 15.4. The van der Waals surface area contributed by atoms with Crippen LogP contribution in [0.4, 0.5) is 20.2 Å². The molecule has 1 spiro atoms. The lowest BCUT2D eigenvalue weighted by Gasteiger charge is -2.40. The van der Waals surface area contributed by atoms with Crippen molar-refractivity contribution in [2.24, 2.45) is 0 Å². The third-order valence-corrected chi connectivity index (χ3v) is 6.52. The molecule has 0 amide bonds. The van der Waals surface area contributed by atoms with Crippen LogP contribution in [0.3, 0.4) is 0 Å². The molecule has 6 rings (SSSR count). The third-order valence-electron chi connectivity index (χ3n) is 4.98. The number of alkyl halides is 2. The average Bonchev–Trinajstić information content (AvgIpc) is 2.68. The highest BCUT2D eigenvalue weighted by Crippen LogP contribution is 2.57. The highest BCUT2D eigenvalue weighted by molar-refractivity contribution is 8.00. The highest BCUT2D eigenvalue weighted by atomic mass is 35.5. The van der Waals surface area contributed by atoms with E-state index in [0.29, 0.717) is 35.3 Å². The van der Waals surface area contributed by atoms with E-state index < -0.39 is 6.61 Å². The molecule has 128 valence electrons. The number of quaternary nitrogens is 1. The van der Waals surface area contributed by atoms with Gasteiger partial charge in [-0.15, -0.1) is 4.74 Å². The first-order valence-corrected chi connectivity index (χ1v) is 9.00. The SMILES string of the molecule is [O-][N+]1=C2[C@H]3C[N@@+]2(Cc2cc(Cl)ccc2S3)c2c(OC(F)F)cccc21. The molecule has 0 aliphatic carbocycles. The Bertz CT molecular complexity index is 952.